The second-order valence-corrected chi connectivity index (χ2v) is 5.25. The van der Waals surface area contributed by atoms with Crippen LogP contribution >= 0.6 is 0 Å². The molecule has 0 aliphatic rings. The molecule has 1 amide bonds. The number of amides is 1. The molecular weight excluding hydrogens is 250 g/mol. The third-order valence-electron chi connectivity index (χ3n) is 3.31. The van der Waals surface area contributed by atoms with Crippen LogP contribution in [0.4, 0.5) is 5.69 Å². The Kier molecular flexibility index (Phi) is 3.79. The summed E-state index contributed by atoms with van der Waals surface area (Å²) in [7, 11) is 0. The summed E-state index contributed by atoms with van der Waals surface area (Å²) in [6.07, 6.45) is 0. The van der Waals surface area contributed by atoms with Crippen molar-refractivity contribution >= 4 is 11.6 Å². The Morgan fingerprint density at radius 3 is 2.15 bits per heavy atom. The fourth-order valence-electron chi connectivity index (χ4n) is 2.39. The number of hydrogen-bond donors (Lipinski definition) is 2. The number of carbonyl (C=O) groups is 1. The van der Waals surface area contributed by atoms with E-state index in [1.165, 1.54) is 0 Å². The van der Waals surface area contributed by atoms with Gasteiger partial charge in [-0.15, -0.1) is 0 Å². The summed E-state index contributed by atoms with van der Waals surface area (Å²) in [4.78, 5) is 12.3. The van der Waals surface area contributed by atoms with Gasteiger partial charge >= 0.3 is 0 Å². The molecule has 0 heterocycles. The Morgan fingerprint density at radius 2 is 1.55 bits per heavy atom. The first-order valence-electron chi connectivity index (χ1n) is 6.57. The molecule has 0 atom stereocenters. The topological polar surface area (TPSA) is 49.3 Å². The molecule has 2 N–H and O–H groups in total. The number of phenols is 1. The third-order valence-corrected chi connectivity index (χ3v) is 3.31. The SMILES string of the molecule is Cc1cc(C)c(NC(=O)c2cc(C)ccc2O)c(C)c1. The van der Waals surface area contributed by atoms with Crippen molar-refractivity contribution in [3.8, 4) is 5.75 Å². The number of carbonyl (C=O) groups excluding carboxylic acids is 1. The predicted octanol–water partition coefficient (Wildman–Crippen LogP) is 3.88. The molecule has 2 aromatic carbocycles. The summed E-state index contributed by atoms with van der Waals surface area (Å²) in [6, 6.07) is 9.05. The van der Waals surface area contributed by atoms with E-state index in [1.807, 2.05) is 39.8 Å². The second-order valence-electron chi connectivity index (χ2n) is 5.25. The van der Waals surface area contributed by atoms with Crippen molar-refractivity contribution in [3.63, 3.8) is 0 Å². The van der Waals surface area contributed by atoms with Gasteiger partial charge in [-0.3, -0.25) is 4.79 Å². The minimum atomic E-state index is -0.291. The Hall–Kier alpha value is -2.29. The van der Waals surface area contributed by atoms with E-state index in [2.05, 4.69) is 5.32 Å². The van der Waals surface area contributed by atoms with Gasteiger partial charge in [0.05, 0.1) is 5.56 Å². The summed E-state index contributed by atoms with van der Waals surface area (Å²) in [6.45, 7) is 7.84. The highest BCUT2D eigenvalue weighted by atomic mass is 16.3. The van der Waals surface area contributed by atoms with Crippen LogP contribution in [0.25, 0.3) is 0 Å². The molecule has 0 aliphatic carbocycles. The highest BCUT2D eigenvalue weighted by Crippen LogP contribution is 2.25. The minimum Gasteiger partial charge on any atom is -0.507 e. The molecule has 0 saturated carbocycles. The first-order valence-corrected chi connectivity index (χ1v) is 6.57. The van der Waals surface area contributed by atoms with Gasteiger partial charge in [0.15, 0.2) is 0 Å². The lowest BCUT2D eigenvalue weighted by Crippen LogP contribution is -2.14. The number of aryl methyl sites for hydroxylation is 4. The average Bonchev–Trinajstić information content (AvgIpc) is 2.36. The van der Waals surface area contributed by atoms with Crippen molar-refractivity contribution in [2.45, 2.75) is 27.7 Å². The first kappa shape index (κ1) is 14.1. The fraction of sp³-hybridized carbons (Fsp3) is 0.235. The van der Waals surface area contributed by atoms with Crippen LogP contribution in [0.3, 0.4) is 0 Å². The lowest BCUT2D eigenvalue weighted by molar-refractivity contribution is 0.102. The molecular formula is C17H19NO2. The zero-order chi connectivity index (χ0) is 14.9. The van der Waals surface area contributed by atoms with Gasteiger partial charge in [-0.05, 0) is 51.0 Å². The Balaban J connectivity index is 2.35. The van der Waals surface area contributed by atoms with Crippen LogP contribution in [0.5, 0.6) is 5.75 Å². The summed E-state index contributed by atoms with van der Waals surface area (Å²) < 4.78 is 0. The van der Waals surface area contributed by atoms with Crippen molar-refractivity contribution < 1.29 is 9.90 Å². The number of aromatic hydroxyl groups is 1. The maximum atomic E-state index is 12.3. The molecule has 0 aliphatic heterocycles. The molecule has 2 rings (SSSR count). The maximum Gasteiger partial charge on any atom is 0.259 e. The van der Waals surface area contributed by atoms with Gasteiger partial charge in [-0.1, -0.05) is 29.3 Å². The van der Waals surface area contributed by atoms with E-state index in [9.17, 15) is 9.90 Å². The molecule has 3 heteroatoms. The molecule has 3 nitrogen and oxygen atoms in total. The van der Waals surface area contributed by atoms with E-state index in [0.29, 0.717) is 5.56 Å². The number of nitrogens with one attached hydrogen (secondary N) is 1. The number of benzene rings is 2. The van der Waals surface area contributed by atoms with Crippen molar-refractivity contribution in [2.24, 2.45) is 0 Å². The summed E-state index contributed by atoms with van der Waals surface area (Å²) >= 11 is 0. The van der Waals surface area contributed by atoms with Crippen LogP contribution in [0.2, 0.25) is 0 Å². The van der Waals surface area contributed by atoms with Gasteiger partial charge < -0.3 is 10.4 Å². The van der Waals surface area contributed by atoms with Gasteiger partial charge in [-0.2, -0.15) is 0 Å². The van der Waals surface area contributed by atoms with E-state index >= 15 is 0 Å². The van der Waals surface area contributed by atoms with Crippen LogP contribution in [0.15, 0.2) is 30.3 Å². The number of anilines is 1. The van der Waals surface area contributed by atoms with Crippen molar-refractivity contribution in [1.82, 2.24) is 0 Å². The van der Waals surface area contributed by atoms with Crippen LogP contribution in [0.1, 0.15) is 32.6 Å². The fourth-order valence-corrected chi connectivity index (χ4v) is 2.39. The van der Waals surface area contributed by atoms with E-state index in [4.69, 9.17) is 0 Å². The zero-order valence-electron chi connectivity index (χ0n) is 12.2. The van der Waals surface area contributed by atoms with E-state index in [-0.39, 0.29) is 11.7 Å². The van der Waals surface area contributed by atoms with Gasteiger partial charge in [-0.25, -0.2) is 0 Å². The normalized spacial score (nSPS) is 10.4. The van der Waals surface area contributed by atoms with Crippen molar-refractivity contribution in [2.75, 3.05) is 5.32 Å². The van der Waals surface area contributed by atoms with Crippen molar-refractivity contribution in [1.29, 1.82) is 0 Å². The van der Waals surface area contributed by atoms with Gasteiger partial charge in [0.2, 0.25) is 0 Å². The molecule has 0 unspecified atom stereocenters. The molecule has 2 aromatic rings. The van der Waals surface area contributed by atoms with E-state index in [1.54, 1.807) is 18.2 Å². The molecule has 20 heavy (non-hydrogen) atoms. The van der Waals surface area contributed by atoms with Gasteiger partial charge in [0.1, 0.15) is 5.75 Å². The smallest absolute Gasteiger partial charge is 0.259 e. The number of phenolic OH excluding ortho intramolecular Hbond substituents is 1. The standard InChI is InChI=1S/C17H19NO2/c1-10-5-6-15(19)14(9-10)17(20)18-16-12(3)7-11(2)8-13(16)4/h5-9,19H,1-4H3,(H,18,20). The second kappa shape index (κ2) is 5.37. The highest BCUT2D eigenvalue weighted by Gasteiger charge is 2.14. The van der Waals surface area contributed by atoms with E-state index < -0.39 is 0 Å². The number of rotatable bonds is 2. The Morgan fingerprint density at radius 1 is 0.950 bits per heavy atom. The lowest BCUT2D eigenvalue weighted by Gasteiger charge is -2.13. The molecule has 0 saturated heterocycles. The summed E-state index contributed by atoms with van der Waals surface area (Å²) in [5.41, 5.74) is 5.23. The molecule has 104 valence electrons. The quantitative estimate of drug-likeness (QED) is 0.869. The molecule has 0 spiro atoms. The molecule has 0 bridgehead atoms. The van der Waals surface area contributed by atoms with E-state index in [0.717, 1.165) is 27.9 Å². The third kappa shape index (κ3) is 2.82. The van der Waals surface area contributed by atoms with Crippen LogP contribution in [-0.2, 0) is 0 Å². The van der Waals surface area contributed by atoms with Gasteiger partial charge in [0.25, 0.3) is 5.91 Å². The predicted molar refractivity (Wildman–Crippen MR) is 81.5 cm³/mol. The Labute approximate surface area is 119 Å². The van der Waals surface area contributed by atoms with Crippen LogP contribution in [0, 0.1) is 27.7 Å². The Bertz CT molecular complexity index is 652. The monoisotopic (exact) mass is 269 g/mol. The van der Waals surface area contributed by atoms with Crippen LogP contribution in [-0.4, -0.2) is 11.0 Å². The molecule has 0 fully saturated rings. The number of hydrogen-bond acceptors (Lipinski definition) is 2. The van der Waals surface area contributed by atoms with Gasteiger partial charge in [0, 0.05) is 5.69 Å². The summed E-state index contributed by atoms with van der Waals surface area (Å²) in [5.74, 6) is -0.295. The average molecular weight is 269 g/mol. The summed E-state index contributed by atoms with van der Waals surface area (Å²) in [5, 5.41) is 12.7. The first-order chi connectivity index (χ1) is 9.38. The zero-order valence-corrected chi connectivity index (χ0v) is 12.2. The highest BCUT2D eigenvalue weighted by molar-refractivity contribution is 6.07. The molecule has 0 aromatic heterocycles. The lowest BCUT2D eigenvalue weighted by atomic mass is 10.0. The maximum absolute atomic E-state index is 12.3. The largest absolute Gasteiger partial charge is 0.507 e. The van der Waals surface area contributed by atoms with Crippen LogP contribution < -0.4 is 5.32 Å². The molecule has 0 radical (unpaired) electrons. The van der Waals surface area contributed by atoms with Crippen molar-refractivity contribution in [3.05, 3.63) is 58.1 Å². The minimum absolute atomic E-state index is 0.00415.